The minimum atomic E-state index is -0.497. The molecule has 4 rings (SSSR count). The van der Waals surface area contributed by atoms with Gasteiger partial charge in [-0.25, -0.2) is 9.37 Å². The first kappa shape index (κ1) is 21.9. The largest absolute Gasteiger partial charge is 0.495 e. The molecular formula is C23H17ClFN3O3S. The minimum Gasteiger partial charge on any atom is -0.495 e. The van der Waals surface area contributed by atoms with Gasteiger partial charge in [-0.3, -0.25) is 14.2 Å². The summed E-state index contributed by atoms with van der Waals surface area (Å²) in [5.41, 5.74) is 1.06. The molecule has 162 valence electrons. The van der Waals surface area contributed by atoms with Gasteiger partial charge >= 0.3 is 0 Å². The third kappa shape index (κ3) is 4.46. The third-order valence-corrected chi connectivity index (χ3v) is 5.86. The second-order valence-electron chi connectivity index (χ2n) is 6.68. The molecule has 0 spiro atoms. The molecule has 1 aromatic heterocycles. The Hall–Kier alpha value is -3.36. The smallest absolute Gasteiger partial charge is 0.266 e. The molecule has 0 radical (unpaired) electrons. The van der Waals surface area contributed by atoms with E-state index in [1.165, 1.54) is 23.8 Å². The molecule has 0 saturated carbocycles. The number of methoxy groups -OCH3 is 1. The lowest BCUT2D eigenvalue weighted by Crippen LogP contribution is -2.23. The average molecular weight is 470 g/mol. The number of nitrogens with zero attached hydrogens (tertiary/aromatic N) is 2. The molecule has 4 aromatic rings. The summed E-state index contributed by atoms with van der Waals surface area (Å²) in [7, 11) is 1.52. The van der Waals surface area contributed by atoms with Crippen molar-refractivity contribution in [3.8, 4) is 11.4 Å². The Morgan fingerprint density at radius 1 is 1.16 bits per heavy atom. The number of fused-ring (bicyclic) bond motifs is 1. The van der Waals surface area contributed by atoms with Crippen LogP contribution in [0.4, 0.5) is 10.1 Å². The van der Waals surface area contributed by atoms with Crippen molar-refractivity contribution in [2.75, 3.05) is 18.2 Å². The number of ether oxygens (including phenoxy) is 1. The minimum absolute atomic E-state index is 0.0480. The summed E-state index contributed by atoms with van der Waals surface area (Å²) in [6, 6.07) is 17.8. The summed E-state index contributed by atoms with van der Waals surface area (Å²) < 4.78 is 20.1. The monoisotopic (exact) mass is 469 g/mol. The zero-order chi connectivity index (χ0) is 22.7. The molecule has 0 saturated heterocycles. The molecule has 0 unspecified atom stereocenters. The van der Waals surface area contributed by atoms with E-state index in [9.17, 15) is 14.0 Å². The predicted octanol–water partition coefficient (Wildman–Crippen LogP) is 4.92. The quantitative estimate of drug-likeness (QED) is 0.320. The number of rotatable bonds is 6. The van der Waals surface area contributed by atoms with E-state index in [0.29, 0.717) is 33.2 Å². The number of carbonyl (C=O) groups excluding carboxylic acids is 1. The average Bonchev–Trinajstić information content (AvgIpc) is 2.80. The lowest BCUT2D eigenvalue weighted by molar-refractivity contribution is -0.113. The van der Waals surface area contributed by atoms with Gasteiger partial charge in [-0.1, -0.05) is 47.6 Å². The van der Waals surface area contributed by atoms with E-state index in [2.05, 4.69) is 10.3 Å². The molecule has 0 aliphatic carbocycles. The van der Waals surface area contributed by atoms with Crippen LogP contribution in [0, 0.1) is 5.82 Å². The highest BCUT2D eigenvalue weighted by Crippen LogP contribution is 2.28. The van der Waals surface area contributed by atoms with Crippen LogP contribution in [0.1, 0.15) is 0 Å². The van der Waals surface area contributed by atoms with E-state index in [1.54, 1.807) is 48.5 Å². The van der Waals surface area contributed by atoms with E-state index in [0.717, 1.165) is 17.8 Å². The molecule has 6 nitrogen and oxygen atoms in total. The number of hydrogen-bond donors (Lipinski definition) is 1. The molecular weight excluding hydrogens is 453 g/mol. The fourth-order valence-corrected chi connectivity index (χ4v) is 4.16. The Labute approximate surface area is 192 Å². The number of thioether (sulfide) groups is 1. The number of halogens is 2. The van der Waals surface area contributed by atoms with Gasteiger partial charge in [-0.05, 0) is 42.5 Å². The van der Waals surface area contributed by atoms with E-state index in [1.807, 2.05) is 0 Å². The highest BCUT2D eigenvalue weighted by molar-refractivity contribution is 7.99. The third-order valence-electron chi connectivity index (χ3n) is 4.61. The van der Waals surface area contributed by atoms with Crippen molar-refractivity contribution in [1.29, 1.82) is 0 Å². The molecule has 0 fully saturated rings. The van der Waals surface area contributed by atoms with Gasteiger partial charge in [0.25, 0.3) is 5.56 Å². The van der Waals surface area contributed by atoms with Gasteiger partial charge in [0.15, 0.2) is 5.16 Å². The van der Waals surface area contributed by atoms with Gasteiger partial charge in [0, 0.05) is 0 Å². The number of hydrogen-bond acceptors (Lipinski definition) is 5. The summed E-state index contributed by atoms with van der Waals surface area (Å²) >= 11 is 7.08. The summed E-state index contributed by atoms with van der Waals surface area (Å²) in [5, 5.41) is 3.52. The van der Waals surface area contributed by atoms with Gasteiger partial charge in [0.2, 0.25) is 5.91 Å². The maximum Gasteiger partial charge on any atom is 0.266 e. The van der Waals surface area contributed by atoms with Crippen molar-refractivity contribution in [2.24, 2.45) is 0 Å². The molecule has 1 N–H and O–H groups in total. The van der Waals surface area contributed by atoms with Crippen LogP contribution < -0.4 is 15.6 Å². The van der Waals surface area contributed by atoms with Crippen LogP contribution in [0.3, 0.4) is 0 Å². The van der Waals surface area contributed by atoms with Crippen LogP contribution in [0.2, 0.25) is 5.02 Å². The number of benzene rings is 3. The van der Waals surface area contributed by atoms with E-state index in [-0.39, 0.29) is 22.2 Å². The lowest BCUT2D eigenvalue weighted by atomic mass is 10.2. The molecule has 9 heteroatoms. The predicted molar refractivity (Wildman–Crippen MR) is 125 cm³/mol. The SMILES string of the molecule is COc1ccccc1-n1c(SCC(=O)Nc2ccc(F)cc2Cl)nc2ccccc2c1=O. The van der Waals surface area contributed by atoms with Crippen LogP contribution in [0.5, 0.6) is 5.75 Å². The van der Waals surface area contributed by atoms with Crippen LogP contribution in [0.15, 0.2) is 76.7 Å². The van der Waals surface area contributed by atoms with Crippen LogP contribution in [-0.2, 0) is 4.79 Å². The van der Waals surface area contributed by atoms with Crippen molar-refractivity contribution < 1.29 is 13.9 Å². The van der Waals surface area contributed by atoms with E-state index < -0.39 is 5.82 Å². The number of amides is 1. The van der Waals surface area contributed by atoms with Gasteiger partial charge in [0.1, 0.15) is 11.6 Å². The summed E-state index contributed by atoms with van der Waals surface area (Å²) in [5.74, 6) is -0.426. The maximum absolute atomic E-state index is 13.3. The number of nitrogens with one attached hydrogen (secondary N) is 1. The highest BCUT2D eigenvalue weighted by atomic mass is 35.5. The fourth-order valence-electron chi connectivity index (χ4n) is 3.14. The topological polar surface area (TPSA) is 73.2 Å². The molecule has 0 atom stereocenters. The number of carbonyl (C=O) groups is 1. The molecule has 1 heterocycles. The van der Waals surface area contributed by atoms with Gasteiger partial charge in [-0.15, -0.1) is 0 Å². The molecule has 0 aliphatic rings. The van der Waals surface area contributed by atoms with E-state index >= 15 is 0 Å². The van der Waals surface area contributed by atoms with Crippen molar-refractivity contribution in [3.63, 3.8) is 0 Å². The van der Waals surface area contributed by atoms with Crippen LogP contribution in [0.25, 0.3) is 16.6 Å². The van der Waals surface area contributed by atoms with E-state index in [4.69, 9.17) is 16.3 Å². The van der Waals surface area contributed by atoms with Gasteiger partial charge in [0.05, 0.1) is 40.2 Å². The highest BCUT2D eigenvalue weighted by Gasteiger charge is 2.17. The molecule has 1 amide bonds. The second kappa shape index (κ2) is 9.42. The Bertz CT molecular complexity index is 1380. The summed E-state index contributed by atoms with van der Waals surface area (Å²) in [6.07, 6.45) is 0. The summed E-state index contributed by atoms with van der Waals surface area (Å²) in [6.45, 7) is 0. The van der Waals surface area contributed by atoms with Crippen LogP contribution >= 0.6 is 23.4 Å². The number of para-hydroxylation sites is 3. The van der Waals surface area contributed by atoms with Gasteiger partial charge < -0.3 is 10.1 Å². The first-order chi connectivity index (χ1) is 15.5. The normalized spacial score (nSPS) is 10.8. The van der Waals surface area contributed by atoms with Crippen molar-refractivity contribution >= 4 is 45.9 Å². The first-order valence-corrected chi connectivity index (χ1v) is 10.9. The Kier molecular flexibility index (Phi) is 6.43. The first-order valence-electron chi connectivity index (χ1n) is 9.51. The Balaban J connectivity index is 1.70. The zero-order valence-corrected chi connectivity index (χ0v) is 18.4. The summed E-state index contributed by atoms with van der Waals surface area (Å²) in [4.78, 5) is 30.5. The molecule has 3 aromatic carbocycles. The molecule has 0 bridgehead atoms. The number of aromatic nitrogens is 2. The van der Waals surface area contributed by atoms with Crippen molar-refractivity contribution in [2.45, 2.75) is 5.16 Å². The zero-order valence-electron chi connectivity index (χ0n) is 16.8. The second-order valence-corrected chi connectivity index (χ2v) is 8.03. The Morgan fingerprint density at radius 2 is 1.91 bits per heavy atom. The number of anilines is 1. The fraction of sp³-hybridized carbons (Fsp3) is 0.0870. The lowest BCUT2D eigenvalue weighted by Gasteiger charge is -2.15. The molecule has 32 heavy (non-hydrogen) atoms. The maximum atomic E-state index is 13.3. The van der Waals surface area contributed by atoms with Crippen molar-refractivity contribution in [1.82, 2.24) is 9.55 Å². The Morgan fingerprint density at radius 3 is 2.69 bits per heavy atom. The van der Waals surface area contributed by atoms with Crippen molar-refractivity contribution in [3.05, 3.63) is 87.9 Å². The van der Waals surface area contributed by atoms with Gasteiger partial charge in [-0.2, -0.15) is 0 Å². The molecule has 0 aliphatic heterocycles. The standard InChI is InChI=1S/C23H17ClFN3O3S/c1-31-20-9-5-4-8-19(20)28-22(30)15-6-2-3-7-17(15)27-23(28)32-13-21(29)26-18-11-10-14(25)12-16(18)24/h2-12H,13H2,1H3,(H,26,29). The van der Waals surface area contributed by atoms with Crippen LogP contribution in [-0.4, -0.2) is 28.3 Å².